The molecule has 2 rings (SSSR count). The Bertz CT molecular complexity index is 686. The van der Waals surface area contributed by atoms with Crippen molar-refractivity contribution in [3.05, 3.63) is 67.3 Å². The SMILES string of the molecule is Cc1cccc([N+](=O)[O-])c1C(=O)Nc1ccccc1I. The van der Waals surface area contributed by atoms with E-state index in [4.69, 9.17) is 0 Å². The summed E-state index contributed by atoms with van der Waals surface area (Å²) in [5.74, 6) is -0.473. The van der Waals surface area contributed by atoms with E-state index in [9.17, 15) is 14.9 Å². The van der Waals surface area contributed by atoms with E-state index >= 15 is 0 Å². The van der Waals surface area contributed by atoms with E-state index < -0.39 is 10.8 Å². The van der Waals surface area contributed by atoms with Crippen molar-refractivity contribution < 1.29 is 9.72 Å². The molecule has 0 aliphatic rings. The van der Waals surface area contributed by atoms with Gasteiger partial charge in [-0.2, -0.15) is 0 Å². The summed E-state index contributed by atoms with van der Waals surface area (Å²) < 4.78 is 0.870. The van der Waals surface area contributed by atoms with Gasteiger partial charge in [-0.05, 0) is 47.2 Å². The average molecular weight is 382 g/mol. The molecule has 1 amide bonds. The van der Waals surface area contributed by atoms with Crippen molar-refractivity contribution >= 4 is 39.9 Å². The number of para-hydroxylation sites is 1. The molecule has 0 saturated heterocycles. The van der Waals surface area contributed by atoms with Gasteiger partial charge in [0, 0.05) is 9.64 Å². The molecular formula is C14H11IN2O3. The molecule has 0 aliphatic carbocycles. The molecule has 1 N–H and O–H groups in total. The number of rotatable bonds is 3. The zero-order valence-corrected chi connectivity index (χ0v) is 12.7. The summed E-state index contributed by atoms with van der Waals surface area (Å²) in [6.07, 6.45) is 0. The normalized spacial score (nSPS) is 10.1. The molecule has 0 atom stereocenters. The summed E-state index contributed by atoms with van der Waals surface area (Å²) in [6.45, 7) is 1.68. The molecule has 0 aromatic heterocycles. The highest BCUT2D eigenvalue weighted by Gasteiger charge is 2.22. The van der Waals surface area contributed by atoms with Crippen molar-refractivity contribution in [3.8, 4) is 0 Å². The second kappa shape index (κ2) is 6.00. The number of nitro groups is 1. The molecule has 0 bridgehead atoms. The van der Waals surface area contributed by atoms with Gasteiger partial charge in [0.05, 0.1) is 10.6 Å². The largest absolute Gasteiger partial charge is 0.321 e. The van der Waals surface area contributed by atoms with Crippen molar-refractivity contribution in [1.29, 1.82) is 0 Å². The third-order valence-corrected chi connectivity index (χ3v) is 3.74. The number of carbonyl (C=O) groups excluding carboxylic acids is 1. The van der Waals surface area contributed by atoms with Gasteiger partial charge in [-0.3, -0.25) is 14.9 Å². The van der Waals surface area contributed by atoms with E-state index in [1.54, 1.807) is 31.2 Å². The van der Waals surface area contributed by atoms with Crippen LogP contribution in [-0.4, -0.2) is 10.8 Å². The second-order valence-corrected chi connectivity index (χ2v) is 5.32. The lowest BCUT2D eigenvalue weighted by molar-refractivity contribution is -0.385. The molecule has 0 fully saturated rings. The van der Waals surface area contributed by atoms with Gasteiger partial charge >= 0.3 is 0 Å². The summed E-state index contributed by atoms with van der Waals surface area (Å²) in [7, 11) is 0. The summed E-state index contributed by atoms with van der Waals surface area (Å²) in [5, 5.41) is 13.7. The average Bonchev–Trinajstić information content (AvgIpc) is 2.40. The molecule has 0 spiro atoms. The van der Waals surface area contributed by atoms with E-state index in [0.29, 0.717) is 11.3 Å². The fourth-order valence-electron chi connectivity index (χ4n) is 1.85. The number of nitrogens with zero attached hydrogens (tertiary/aromatic N) is 1. The molecule has 2 aromatic rings. The Kier molecular flexibility index (Phi) is 4.33. The number of nitrogens with one attached hydrogen (secondary N) is 1. The molecular weight excluding hydrogens is 371 g/mol. The minimum absolute atomic E-state index is 0.0946. The molecule has 0 radical (unpaired) electrons. The first-order chi connectivity index (χ1) is 9.50. The number of benzene rings is 2. The molecule has 0 heterocycles. The van der Waals surface area contributed by atoms with E-state index in [2.05, 4.69) is 27.9 Å². The van der Waals surface area contributed by atoms with Crippen molar-refractivity contribution in [2.24, 2.45) is 0 Å². The van der Waals surface area contributed by atoms with Gasteiger partial charge in [0.1, 0.15) is 5.56 Å². The van der Waals surface area contributed by atoms with Crippen LogP contribution in [0, 0.1) is 20.6 Å². The van der Waals surface area contributed by atoms with Crippen LogP contribution in [0.4, 0.5) is 11.4 Å². The maximum absolute atomic E-state index is 12.3. The number of nitro benzene ring substituents is 1. The van der Waals surface area contributed by atoms with Crippen LogP contribution in [0.1, 0.15) is 15.9 Å². The van der Waals surface area contributed by atoms with Crippen LogP contribution in [0.2, 0.25) is 0 Å². The monoisotopic (exact) mass is 382 g/mol. The van der Waals surface area contributed by atoms with Gasteiger partial charge in [-0.1, -0.05) is 24.3 Å². The highest BCUT2D eigenvalue weighted by atomic mass is 127. The molecule has 0 unspecified atom stereocenters. The predicted octanol–water partition coefficient (Wildman–Crippen LogP) is 3.76. The van der Waals surface area contributed by atoms with Crippen molar-refractivity contribution in [1.82, 2.24) is 0 Å². The van der Waals surface area contributed by atoms with E-state index in [0.717, 1.165) is 3.57 Å². The fraction of sp³-hybridized carbons (Fsp3) is 0.0714. The van der Waals surface area contributed by atoms with E-state index in [-0.39, 0.29) is 11.3 Å². The summed E-state index contributed by atoms with van der Waals surface area (Å²) >= 11 is 2.10. The Morgan fingerprint density at radius 2 is 1.90 bits per heavy atom. The number of hydrogen-bond donors (Lipinski definition) is 1. The highest BCUT2D eigenvalue weighted by molar-refractivity contribution is 14.1. The van der Waals surface area contributed by atoms with Crippen molar-refractivity contribution in [2.75, 3.05) is 5.32 Å². The number of aryl methyl sites for hydroxylation is 1. The number of halogens is 1. The number of carbonyl (C=O) groups is 1. The van der Waals surface area contributed by atoms with Crippen LogP contribution in [0.5, 0.6) is 0 Å². The quantitative estimate of drug-likeness (QED) is 0.499. The lowest BCUT2D eigenvalue weighted by Gasteiger charge is -2.09. The zero-order valence-electron chi connectivity index (χ0n) is 10.6. The lowest BCUT2D eigenvalue weighted by Crippen LogP contribution is -2.16. The summed E-state index contributed by atoms with van der Waals surface area (Å²) in [5.41, 5.74) is 1.11. The summed E-state index contributed by atoms with van der Waals surface area (Å²) in [4.78, 5) is 22.8. The Morgan fingerprint density at radius 3 is 2.55 bits per heavy atom. The molecule has 5 nitrogen and oxygen atoms in total. The van der Waals surface area contributed by atoms with Crippen molar-refractivity contribution in [3.63, 3.8) is 0 Å². The molecule has 20 heavy (non-hydrogen) atoms. The van der Waals surface area contributed by atoms with E-state index in [1.165, 1.54) is 6.07 Å². The lowest BCUT2D eigenvalue weighted by atomic mass is 10.1. The van der Waals surface area contributed by atoms with Gasteiger partial charge < -0.3 is 5.32 Å². The molecule has 0 aliphatic heterocycles. The zero-order chi connectivity index (χ0) is 14.7. The van der Waals surface area contributed by atoms with Crippen LogP contribution in [0.15, 0.2) is 42.5 Å². The summed E-state index contributed by atoms with van der Waals surface area (Å²) in [6, 6.07) is 11.8. The first-order valence-corrected chi connectivity index (χ1v) is 6.88. The van der Waals surface area contributed by atoms with Gasteiger partial charge in [0.15, 0.2) is 0 Å². The van der Waals surface area contributed by atoms with Crippen LogP contribution < -0.4 is 5.32 Å². The van der Waals surface area contributed by atoms with Crippen LogP contribution >= 0.6 is 22.6 Å². The predicted molar refractivity (Wildman–Crippen MR) is 84.9 cm³/mol. The number of hydrogen-bond acceptors (Lipinski definition) is 3. The Balaban J connectivity index is 2.40. The maximum Gasteiger partial charge on any atom is 0.282 e. The molecule has 0 saturated carbocycles. The topological polar surface area (TPSA) is 72.2 Å². The first-order valence-electron chi connectivity index (χ1n) is 5.80. The standard InChI is InChI=1S/C14H11IN2O3/c1-9-5-4-8-12(17(19)20)13(9)14(18)16-11-7-3-2-6-10(11)15/h2-8H,1H3,(H,16,18). The number of anilines is 1. The second-order valence-electron chi connectivity index (χ2n) is 4.16. The van der Waals surface area contributed by atoms with E-state index in [1.807, 2.05) is 12.1 Å². The fourth-order valence-corrected chi connectivity index (χ4v) is 2.37. The third kappa shape index (κ3) is 2.96. The maximum atomic E-state index is 12.3. The Hall–Kier alpha value is -1.96. The molecule has 6 heteroatoms. The minimum Gasteiger partial charge on any atom is -0.321 e. The van der Waals surface area contributed by atoms with Crippen LogP contribution in [0.3, 0.4) is 0 Å². The number of amides is 1. The Labute approximate surface area is 129 Å². The smallest absolute Gasteiger partial charge is 0.282 e. The van der Waals surface area contributed by atoms with Gasteiger partial charge in [-0.15, -0.1) is 0 Å². The van der Waals surface area contributed by atoms with Gasteiger partial charge in [0.2, 0.25) is 0 Å². The third-order valence-electron chi connectivity index (χ3n) is 2.80. The van der Waals surface area contributed by atoms with Gasteiger partial charge in [-0.25, -0.2) is 0 Å². The van der Waals surface area contributed by atoms with Crippen LogP contribution in [0.25, 0.3) is 0 Å². The van der Waals surface area contributed by atoms with Crippen molar-refractivity contribution in [2.45, 2.75) is 6.92 Å². The minimum atomic E-state index is -0.544. The molecule has 2 aromatic carbocycles. The van der Waals surface area contributed by atoms with Gasteiger partial charge in [0.25, 0.3) is 11.6 Å². The molecule has 102 valence electrons. The first kappa shape index (κ1) is 14.4. The van der Waals surface area contributed by atoms with Crippen LogP contribution in [-0.2, 0) is 0 Å². The highest BCUT2D eigenvalue weighted by Crippen LogP contribution is 2.24. The Morgan fingerprint density at radius 1 is 1.20 bits per heavy atom.